The molecule has 0 saturated heterocycles. The van der Waals surface area contributed by atoms with Crippen LogP contribution in [-0.2, 0) is 4.74 Å². The molecule has 2 heteroatoms. The van der Waals surface area contributed by atoms with Gasteiger partial charge in [-0.15, -0.1) is 6.58 Å². The van der Waals surface area contributed by atoms with E-state index in [-0.39, 0.29) is 5.60 Å². The van der Waals surface area contributed by atoms with Gasteiger partial charge >= 0.3 is 0 Å². The predicted octanol–water partition coefficient (Wildman–Crippen LogP) is 1.72. The van der Waals surface area contributed by atoms with Crippen molar-refractivity contribution in [2.45, 2.75) is 31.3 Å². The molecule has 12 heavy (non-hydrogen) atoms. The average molecular weight is 169 g/mol. The van der Waals surface area contributed by atoms with E-state index >= 15 is 0 Å². The van der Waals surface area contributed by atoms with Crippen LogP contribution in [0.25, 0.3) is 0 Å². The Morgan fingerprint density at radius 1 is 1.58 bits per heavy atom. The molecular weight excluding hydrogens is 150 g/mol. The van der Waals surface area contributed by atoms with Crippen LogP contribution in [-0.4, -0.2) is 25.8 Å². The lowest BCUT2D eigenvalue weighted by Crippen LogP contribution is -2.42. The SMILES string of the molecule is C=CCOC1(CCNC)CCC1. The van der Waals surface area contributed by atoms with Crippen LogP contribution in [0, 0.1) is 0 Å². The van der Waals surface area contributed by atoms with Crippen LogP contribution in [0.2, 0.25) is 0 Å². The summed E-state index contributed by atoms with van der Waals surface area (Å²) >= 11 is 0. The van der Waals surface area contributed by atoms with Crippen molar-refractivity contribution in [2.24, 2.45) is 0 Å². The van der Waals surface area contributed by atoms with Gasteiger partial charge in [0.05, 0.1) is 12.2 Å². The van der Waals surface area contributed by atoms with Crippen LogP contribution in [0.15, 0.2) is 12.7 Å². The van der Waals surface area contributed by atoms with Gasteiger partial charge in [0.15, 0.2) is 0 Å². The zero-order chi connectivity index (χ0) is 8.86. The maximum absolute atomic E-state index is 5.76. The highest BCUT2D eigenvalue weighted by atomic mass is 16.5. The Morgan fingerprint density at radius 3 is 2.75 bits per heavy atom. The minimum absolute atomic E-state index is 0.192. The number of rotatable bonds is 6. The van der Waals surface area contributed by atoms with Gasteiger partial charge in [0.2, 0.25) is 0 Å². The summed E-state index contributed by atoms with van der Waals surface area (Å²) in [6, 6.07) is 0. The zero-order valence-electron chi connectivity index (χ0n) is 7.94. The highest BCUT2D eigenvalue weighted by Gasteiger charge is 2.36. The standard InChI is InChI=1S/C10H19NO/c1-3-9-12-10(5-4-6-10)7-8-11-2/h3,11H,1,4-9H2,2H3. The molecule has 0 aromatic carbocycles. The van der Waals surface area contributed by atoms with E-state index in [4.69, 9.17) is 4.74 Å². The highest BCUT2D eigenvalue weighted by Crippen LogP contribution is 2.38. The Hall–Kier alpha value is -0.340. The van der Waals surface area contributed by atoms with Gasteiger partial charge in [-0.3, -0.25) is 0 Å². The minimum atomic E-state index is 0.192. The highest BCUT2D eigenvalue weighted by molar-refractivity contribution is 4.91. The maximum Gasteiger partial charge on any atom is 0.0699 e. The predicted molar refractivity (Wildman–Crippen MR) is 51.3 cm³/mol. The second-order valence-corrected chi connectivity index (χ2v) is 3.49. The molecule has 0 bridgehead atoms. The van der Waals surface area contributed by atoms with Crippen LogP contribution in [0.1, 0.15) is 25.7 Å². The van der Waals surface area contributed by atoms with E-state index in [0.717, 1.165) is 13.0 Å². The molecule has 0 atom stereocenters. The summed E-state index contributed by atoms with van der Waals surface area (Å²) < 4.78 is 5.76. The maximum atomic E-state index is 5.76. The van der Waals surface area contributed by atoms with Crippen molar-refractivity contribution in [1.29, 1.82) is 0 Å². The van der Waals surface area contributed by atoms with E-state index in [1.165, 1.54) is 19.3 Å². The molecule has 0 aromatic heterocycles. The van der Waals surface area contributed by atoms with Crippen molar-refractivity contribution in [3.8, 4) is 0 Å². The summed E-state index contributed by atoms with van der Waals surface area (Å²) in [4.78, 5) is 0. The molecule has 1 N–H and O–H groups in total. The molecule has 0 aromatic rings. The molecule has 0 radical (unpaired) electrons. The van der Waals surface area contributed by atoms with Crippen LogP contribution >= 0.6 is 0 Å². The van der Waals surface area contributed by atoms with Gasteiger partial charge in [-0.25, -0.2) is 0 Å². The first-order chi connectivity index (χ1) is 5.83. The third-order valence-electron chi connectivity index (χ3n) is 2.60. The van der Waals surface area contributed by atoms with E-state index in [0.29, 0.717) is 6.61 Å². The monoisotopic (exact) mass is 169 g/mol. The molecule has 1 aliphatic carbocycles. The van der Waals surface area contributed by atoms with E-state index in [9.17, 15) is 0 Å². The molecule has 1 fully saturated rings. The summed E-state index contributed by atoms with van der Waals surface area (Å²) in [6.45, 7) is 5.41. The van der Waals surface area contributed by atoms with E-state index in [1.807, 2.05) is 13.1 Å². The van der Waals surface area contributed by atoms with E-state index in [1.54, 1.807) is 0 Å². The van der Waals surface area contributed by atoms with E-state index in [2.05, 4.69) is 11.9 Å². The van der Waals surface area contributed by atoms with Gasteiger partial charge in [-0.2, -0.15) is 0 Å². The van der Waals surface area contributed by atoms with Crippen molar-refractivity contribution >= 4 is 0 Å². The Morgan fingerprint density at radius 2 is 2.33 bits per heavy atom. The fourth-order valence-corrected chi connectivity index (χ4v) is 1.63. The van der Waals surface area contributed by atoms with Gasteiger partial charge in [-0.1, -0.05) is 6.08 Å². The summed E-state index contributed by atoms with van der Waals surface area (Å²) in [7, 11) is 1.99. The smallest absolute Gasteiger partial charge is 0.0699 e. The Balaban J connectivity index is 2.24. The lowest BCUT2D eigenvalue weighted by Gasteiger charge is -2.41. The summed E-state index contributed by atoms with van der Waals surface area (Å²) in [5.41, 5.74) is 0.192. The third kappa shape index (κ3) is 2.32. The molecular formula is C10H19NO. The number of nitrogens with one attached hydrogen (secondary N) is 1. The van der Waals surface area contributed by atoms with Gasteiger partial charge < -0.3 is 10.1 Å². The molecule has 0 spiro atoms. The number of ether oxygens (including phenoxy) is 1. The van der Waals surface area contributed by atoms with Gasteiger partial charge in [0.1, 0.15) is 0 Å². The van der Waals surface area contributed by atoms with Crippen molar-refractivity contribution < 1.29 is 4.74 Å². The second-order valence-electron chi connectivity index (χ2n) is 3.49. The molecule has 1 saturated carbocycles. The first kappa shape index (κ1) is 9.75. The fraction of sp³-hybridized carbons (Fsp3) is 0.800. The van der Waals surface area contributed by atoms with Crippen molar-refractivity contribution in [1.82, 2.24) is 5.32 Å². The molecule has 0 amide bonds. The lowest BCUT2D eigenvalue weighted by atomic mass is 9.77. The first-order valence-corrected chi connectivity index (χ1v) is 4.72. The number of hydrogen-bond donors (Lipinski definition) is 1. The summed E-state index contributed by atoms with van der Waals surface area (Å²) in [5.74, 6) is 0. The zero-order valence-corrected chi connectivity index (χ0v) is 7.94. The fourth-order valence-electron chi connectivity index (χ4n) is 1.63. The molecule has 1 rings (SSSR count). The minimum Gasteiger partial charge on any atom is -0.371 e. The molecule has 1 aliphatic rings. The van der Waals surface area contributed by atoms with Crippen molar-refractivity contribution in [3.63, 3.8) is 0 Å². The molecule has 2 nitrogen and oxygen atoms in total. The second kappa shape index (κ2) is 4.63. The molecule has 0 unspecified atom stereocenters. The molecule has 0 aliphatic heterocycles. The van der Waals surface area contributed by atoms with Crippen LogP contribution in [0.5, 0.6) is 0 Å². The Kier molecular flexibility index (Phi) is 3.76. The van der Waals surface area contributed by atoms with Gasteiger partial charge in [0, 0.05) is 0 Å². The van der Waals surface area contributed by atoms with Crippen LogP contribution in [0.3, 0.4) is 0 Å². The Labute approximate surface area is 75.0 Å². The summed E-state index contributed by atoms with van der Waals surface area (Å²) in [6.07, 6.45) is 6.74. The first-order valence-electron chi connectivity index (χ1n) is 4.72. The van der Waals surface area contributed by atoms with Crippen LogP contribution in [0.4, 0.5) is 0 Å². The summed E-state index contributed by atoms with van der Waals surface area (Å²) in [5, 5.41) is 3.16. The Bertz CT molecular complexity index is 141. The topological polar surface area (TPSA) is 21.3 Å². The quantitative estimate of drug-likeness (QED) is 0.611. The third-order valence-corrected chi connectivity index (χ3v) is 2.60. The van der Waals surface area contributed by atoms with Crippen molar-refractivity contribution in [2.75, 3.05) is 20.2 Å². The van der Waals surface area contributed by atoms with Gasteiger partial charge in [0.25, 0.3) is 0 Å². The average Bonchev–Trinajstić information content (AvgIpc) is 2.02. The van der Waals surface area contributed by atoms with Gasteiger partial charge in [-0.05, 0) is 39.3 Å². The molecule has 0 heterocycles. The number of hydrogen-bond acceptors (Lipinski definition) is 2. The van der Waals surface area contributed by atoms with Crippen LogP contribution < -0.4 is 5.32 Å². The molecule has 70 valence electrons. The largest absolute Gasteiger partial charge is 0.371 e. The van der Waals surface area contributed by atoms with E-state index < -0.39 is 0 Å². The lowest BCUT2D eigenvalue weighted by molar-refractivity contribution is -0.0927. The van der Waals surface area contributed by atoms with Crippen molar-refractivity contribution in [3.05, 3.63) is 12.7 Å². The normalized spacial score (nSPS) is 20.1.